The van der Waals surface area contributed by atoms with Gasteiger partial charge in [-0.05, 0) is 19.4 Å². The Bertz CT molecular complexity index is 126. The van der Waals surface area contributed by atoms with Crippen molar-refractivity contribution in [2.75, 3.05) is 47.1 Å². The maximum atomic E-state index is 5.61. The Morgan fingerprint density at radius 3 is 2.00 bits per heavy atom. The third kappa shape index (κ3) is 6.84. The van der Waals surface area contributed by atoms with Crippen LogP contribution in [-0.2, 0) is 9.47 Å². The van der Waals surface area contributed by atoms with E-state index in [9.17, 15) is 0 Å². The zero-order chi connectivity index (χ0) is 11.5. The molecule has 0 aliphatic heterocycles. The molecule has 0 spiro atoms. The van der Waals surface area contributed by atoms with Crippen molar-refractivity contribution in [3.05, 3.63) is 0 Å². The molecule has 4 nitrogen and oxygen atoms in total. The van der Waals surface area contributed by atoms with E-state index in [-0.39, 0.29) is 0 Å². The van der Waals surface area contributed by atoms with Crippen LogP contribution in [0.15, 0.2) is 0 Å². The first-order chi connectivity index (χ1) is 7.29. The molecule has 0 amide bonds. The molecule has 0 radical (unpaired) electrons. The minimum Gasteiger partial charge on any atom is -0.383 e. The minimum absolute atomic E-state index is 0.556. The summed E-state index contributed by atoms with van der Waals surface area (Å²) in [6.07, 6.45) is 2.18. The molecule has 0 saturated heterocycles. The normalized spacial score (nSPS) is 13.4. The van der Waals surface area contributed by atoms with E-state index < -0.39 is 0 Å². The van der Waals surface area contributed by atoms with Crippen LogP contribution in [0.3, 0.4) is 0 Å². The molecular weight excluding hydrogens is 192 g/mol. The van der Waals surface area contributed by atoms with Gasteiger partial charge in [0.05, 0.1) is 13.2 Å². The molecule has 0 aromatic heterocycles. The first kappa shape index (κ1) is 14.8. The summed E-state index contributed by atoms with van der Waals surface area (Å²) in [6.45, 7) is 6.40. The molecule has 0 fully saturated rings. The summed E-state index contributed by atoms with van der Waals surface area (Å²) in [5.41, 5.74) is 5.61. The summed E-state index contributed by atoms with van der Waals surface area (Å²) in [5, 5.41) is 0. The highest BCUT2D eigenvalue weighted by atomic mass is 16.5. The zero-order valence-electron chi connectivity index (χ0n) is 10.4. The van der Waals surface area contributed by atoms with Crippen molar-refractivity contribution in [2.24, 2.45) is 5.73 Å². The lowest BCUT2D eigenvalue weighted by atomic mass is 10.1. The lowest BCUT2D eigenvalue weighted by Gasteiger charge is -2.30. The Balaban J connectivity index is 4.02. The van der Waals surface area contributed by atoms with Gasteiger partial charge in [0.15, 0.2) is 0 Å². The van der Waals surface area contributed by atoms with Gasteiger partial charge in [0.2, 0.25) is 0 Å². The molecule has 4 heteroatoms. The van der Waals surface area contributed by atoms with Gasteiger partial charge in [-0.3, -0.25) is 4.90 Å². The van der Waals surface area contributed by atoms with Gasteiger partial charge < -0.3 is 15.2 Å². The van der Waals surface area contributed by atoms with E-state index in [1.165, 1.54) is 0 Å². The van der Waals surface area contributed by atoms with Crippen LogP contribution < -0.4 is 5.73 Å². The maximum Gasteiger partial charge on any atom is 0.0589 e. The molecule has 0 saturated carbocycles. The predicted molar refractivity (Wildman–Crippen MR) is 63.1 cm³/mol. The van der Waals surface area contributed by atoms with Crippen molar-refractivity contribution in [1.29, 1.82) is 0 Å². The van der Waals surface area contributed by atoms with Crippen molar-refractivity contribution in [2.45, 2.75) is 25.8 Å². The first-order valence-corrected chi connectivity index (χ1v) is 5.72. The van der Waals surface area contributed by atoms with Crippen LogP contribution >= 0.6 is 0 Å². The van der Waals surface area contributed by atoms with Crippen molar-refractivity contribution in [1.82, 2.24) is 4.90 Å². The van der Waals surface area contributed by atoms with Gasteiger partial charge in [-0.25, -0.2) is 0 Å². The maximum absolute atomic E-state index is 5.61. The van der Waals surface area contributed by atoms with E-state index in [1.807, 2.05) is 0 Å². The van der Waals surface area contributed by atoms with Gasteiger partial charge in [0.1, 0.15) is 0 Å². The lowest BCUT2D eigenvalue weighted by Crippen LogP contribution is -2.40. The average molecular weight is 218 g/mol. The molecule has 0 aliphatic rings. The fourth-order valence-corrected chi connectivity index (χ4v) is 1.73. The summed E-state index contributed by atoms with van der Waals surface area (Å²) in [5.74, 6) is 0. The van der Waals surface area contributed by atoms with Crippen molar-refractivity contribution in [3.8, 4) is 0 Å². The highest BCUT2D eigenvalue weighted by Gasteiger charge is 2.15. The predicted octanol–water partition coefficient (Wildman–Crippen LogP) is 0.709. The number of ether oxygens (including phenoxy) is 2. The van der Waals surface area contributed by atoms with E-state index >= 15 is 0 Å². The molecule has 2 N–H and O–H groups in total. The van der Waals surface area contributed by atoms with Crippen LogP contribution in [0.5, 0.6) is 0 Å². The molecule has 0 aromatic rings. The molecule has 0 aliphatic carbocycles. The third-order valence-corrected chi connectivity index (χ3v) is 2.65. The van der Waals surface area contributed by atoms with E-state index in [1.54, 1.807) is 14.2 Å². The van der Waals surface area contributed by atoms with Crippen molar-refractivity contribution < 1.29 is 9.47 Å². The van der Waals surface area contributed by atoms with Crippen LogP contribution in [0.4, 0.5) is 0 Å². The SMILES string of the molecule is CCC(CCN)N(CCOC)CCOC. The summed E-state index contributed by atoms with van der Waals surface area (Å²) in [7, 11) is 3.47. The van der Waals surface area contributed by atoms with E-state index in [0.717, 1.165) is 45.7 Å². The summed E-state index contributed by atoms with van der Waals surface area (Å²) >= 11 is 0. The molecule has 1 atom stereocenters. The quantitative estimate of drug-likeness (QED) is 0.586. The Morgan fingerprint density at radius 1 is 1.13 bits per heavy atom. The van der Waals surface area contributed by atoms with Crippen LogP contribution in [0.1, 0.15) is 19.8 Å². The van der Waals surface area contributed by atoms with Crippen LogP contribution in [0.2, 0.25) is 0 Å². The second-order valence-electron chi connectivity index (χ2n) is 3.66. The minimum atomic E-state index is 0.556. The Hall–Kier alpha value is -0.160. The number of hydrogen-bond donors (Lipinski definition) is 1. The molecule has 0 rings (SSSR count). The van der Waals surface area contributed by atoms with Gasteiger partial charge in [0, 0.05) is 33.4 Å². The largest absolute Gasteiger partial charge is 0.383 e. The van der Waals surface area contributed by atoms with Gasteiger partial charge in [-0.15, -0.1) is 0 Å². The van der Waals surface area contributed by atoms with Gasteiger partial charge >= 0.3 is 0 Å². The van der Waals surface area contributed by atoms with Crippen molar-refractivity contribution in [3.63, 3.8) is 0 Å². The fourth-order valence-electron chi connectivity index (χ4n) is 1.73. The molecule has 0 bridgehead atoms. The highest BCUT2D eigenvalue weighted by molar-refractivity contribution is 4.70. The van der Waals surface area contributed by atoms with E-state index in [4.69, 9.17) is 15.2 Å². The standard InChI is InChI=1S/C11H26N2O2/c1-4-11(5-6-12)13(7-9-14-2)8-10-15-3/h11H,4-10,12H2,1-3H3. The van der Waals surface area contributed by atoms with Gasteiger partial charge in [0.25, 0.3) is 0 Å². The third-order valence-electron chi connectivity index (χ3n) is 2.65. The molecule has 15 heavy (non-hydrogen) atoms. The monoisotopic (exact) mass is 218 g/mol. The second-order valence-corrected chi connectivity index (χ2v) is 3.66. The Morgan fingerprint density at radius 2 is 1.67 bits per heavy atom. The van der Waals surface area contributed by atoms with Gasteiger partial charge in [-0.1, -0.05) is 6.92 Å². The topological polar surface area (TPSA) is 47.7 Å². The highest BCUT2D eigenvalue weighted by Crippen LogP contribution is 2.07. The summed E-state index contributed by atoms with van der Waals surface area (Å²) < 4.78 is 10.2. The Kier molecular flexibility index (Phi) is 10.3. The summed E-state index contributed by atoms with van der Waals surface area (Å²) in [4.78, 5) is 2.40. The lowest BCUT2D eigenvalue weighted by molar-refractivity contribution is 0.0835. The molecule has 0 heterocycles. The second kappa shape index (κ2) is 10.4. The molecular formula is C11H26N2O2. The number of rotatable bonds is 10. The first-order valence-electron chi connectivity index (χ1n) is 5.72. The molecule has 0 aromatic carbocycles. The smallest absolute Gasteiger partial charge is 0.0589 e. The number of nitrogens with zero attached hydrogens (tertiary/aromatic N) is 1. The zero-order valence-corrected chi connectivity index (χ0v) is 10.4. The number of nitrogens with two attached hydrogens (primary N) is 1. The van der Waals surface area contributed by atoms with Crippen LogP contribution in [0.25, 0.3) is 0 Å². The van der Waals surface area contributed by atoms with Gasteiger partial charge in [-0.2, -0.15) is 0 Å². The van der Waals surface area contributed by atoms with Crippen LogP contribution in [0, 0.1) is 0 Å². The van der Waals surface area contributed by atoms with E-state index in [0.29, 0.717) is 6.04 Å². The molecule has 1 unspecified atom stereocenters. The summed E-state index contributed by atoms with van der Waals surface area (Å²) in [6, 6.07) is 0.556. The fraction of sp³-hybridized carbons (Fsp3) is 1.00. The number of hydrogen-bond acceptors (Lipinski definition) is 4. The number of methoxy groups -OCH3 is 2. The van der Waals surface area contributed by atoms with Crippen molar-refractivity contribution >= 4 is 0 Å². The average Bonchev–Trinajstić information content (AvgIpc) is 2.27. The van der Waals surface area contributed by atoms with Crippen LogP contribution in [-0.4, -0.2) is 58.0 Å². The Labute approximate surface area is 93.7 Å². The van der Waals surface area contributed by atoms with E-state index in [2.05, 4.69) is 11.8 Å². The molecule has 92 valence electrons.